The van der Waals surface area contributed by atoms with Crippen molar-refractivity contribution in [2.24, 2.45) is 0 Å². The minimum Gasteiger partial charge on any atom is -0.313 e. The molecule has 1 saturated heterocycles. The fourth-order valence-electron chi connectivity index (χ4n) is 2.04. The average molecular weight is 238 g/mol. The van der Waals surface area contributed by atoms with Gasteiger partial charge in [-0.2, -0.15) is 0 Å². The van der Waals surface area contributed by atoms with Crippen LogP contribution in [0.4, 0.5) is 8.78 Å². The summed E-state index contributed by atoms with van der Waals surface area (Å²) >= 11 is 0. The number of hydrogen-bond donors (Lipinski definition) is 1. The Morgan fingerprint density at radius 2 is 1.53 bits per heavy atom. The molecule has 0 aromatic heterocycles. The Bertz CT molecular complexity index is 500. The van der Waals surface area contributed by atoms with Crippen LogP contribution in [-0.4, -0.2) is 35.8 Å². The molecule has 1 N–H and O–H groups in total. The average Bonchev–Trinajstić information content (AvgIpc) is 2.43. The largest absolute Gasteiger partial charge is 0.313 e. The second-order valence-corrected chi connectivity index (χ2v) is 4.10. The van der Waals surface area contributed by atoms with Crippen molar-refractivity contribution in [1.82, 2.24) is 10.2 Å². The molecule has 2 heterocycles. The molecule has 2 aliphatic rings. The maximum atomic E-state index is 13.0. The van der Waals surface area contributed by atoms with E-state index in [-0.39, 0.29) is 17.2 Å². The standard InChI is InChI=1S/C11H8F2N2O2/c12-8-1-6-7(2-9(8)13)11(17)15(10(6)16)5-3-14-4-5/h1-2,5,14H,3-4H2. The highest BCUT2D eigenvalue weighted by atomic mass is 19.2. The second kappa shape index (κ2) is 3.33. The molecule has 3 rings (SSSR count). The first kappa shape index (κ1) is 10.3. The summed E-state index contributed by atoms with van der Waals surface area (Å²) < 4.78 is 26.1. The zero-order valence-corrected chi connectivity index (χ0v) is 8.67. The monoisotopic (exact) mass is 238 g/mol. The van der Waals surface area contributed by atoms with E-state index in [0.717, 1.165) is 17.0 Å². The molecular weight excluding hydrogens is 230 g/mol. The first-order valence-electron chi connectivity index (χ1n) is 5.17. The van der Waals surface area contributed by atoms with Crippen LogP contribution in [0.5, 0.6) is 0 Å². The summed E-state index contributed by atoms with van der Waals surface area (Å²) in [6, 6.07) is 1.36. The van der Waals surface area contributed by atoms with E-state index in [1.807, 2.05) is 0 Å². The van der Waals surface area contributed by atoms with Crippen molar-refractivity contribution in [3.8, 4) is 0 Å². The van der Waals surface area contributed by atoms with Crippen LogP contribution < -0.4 is 5.32 Å². The number of amides is 2. The first-order valence-corrected chi connectivity index (χ1v) is 5.17. The SMILES string of the molecule is O=C1c2cc(F)c(F)cc2C(=O)N1C1CNC1. The minimum absolute atomic E-state index is 0.0548. The van der Waals surface area contributed by atoms with Crippen molar-refractivity contribution in [2.45, 2.75) is 6.04 Å². The van der Waals surface area contributed by atoms with Gasteiger partial charge in [-0.3, -0.25) is 14.5 Å². The lowest BCUT2D eigenvalue weighted by Crippen LogP contribution is -2.58. The van der Waals surface area contributed by atoms with Gasteiger partial charge in [0.1, 0.15) is 0 Å². The topological polar surface area (TPSA) is 49.4 Å². The Morgan fingerprint density at radius 3 is 1.88 bits per heavy atom. The molecule has 1 aromatic rings. The molecule has 1 fully saturated rings. The fourth-order valence-corrected chi connectivity index (χ4v) is 2.04. The number of rotatable bonds is 1. The smallest absolute Gasteiger partial charge is 0.262 e. The molecule has 88 valence electrons. The van der Waals surface area contributed by atoms with E-state index >= 15 is 0 Å². The predicted molar refractivity (Wildman–Crippen MR) is 53.5 cm³/mol. The molecule has 0 unspecified atom stereocenters. The number of carbonyl (C=O) groups excluding carboxylic acids is 2. The molecule has 0 radical (unpaired) electrons. The molecule has 0 saturated carbocycles. The van der Waals surface area contributed by atoms with E-state index in [1.54, 1.807) is 0 Å². The minimum atomic E-state index is -1.11. The summed E-state index contributed by atoms with van der Waals surface area (Å²) in [5.41, 5.74) is -0.110. The van der Waals surface area contributed by atoms with Gasteiger partial charge >= 0.3 is 0 Å². The summed E-state index contributed by atoms with van der Waals surface area (Å²) in [7, 11) is 0. The van der Waals surface area contributed by atoms with Crippen LogP contribution in [-0.2, 0) is 0 Å². The van der Waals surface area contributed by atoms with Crippen molar-refractivity contribution in [3.63, 3.8) is 0 Å². The Hall–Kier alpha value is -1.82. The molecule has 2 aliphatic heterocycles. The van der Waals surface area contributed by atoms with E-state index in [9.17, 15) is 18.4 Å². The van der Waals surface area contributed by atoms with Crippen LogP contribution in [0, 0.1) is 11.6 Å². The summed E-state index contributed by atoms with van der Waals surface area (Å²) in [6.07, 6.45) is 0. The van der Waals surface area contributed by atoms with Crippen LogP contribution in [0.3, 0.4) is 0 Å². The highest BCUT2D eigenvalue weighted by molar-refractivity contribution is 6.21. The van der Waals surface area contributed by atoms with Gasteiger partial charge in [0.2, 0.25) is 0 Å². The van der Waals surface area contributed by atoms with Gasteiger partial charge in [0.15, 0.2) is 11.6 Å². The molecule has 4 nitrogen and oxygen atoms in total. The number of hydrogen-bond acceptors (Lipinski definition) is 3. The molecule has 1 aromatic carbocycles. The van der Waals surface area contributed by atoms with Crippen LogP contribution in [0.15, 0.2) is 12.1 Å². The number of halogens is 2. The van der Waals surface area contributed by atoms with Crippen LogP contribution in [0.25, 0.3) is 0 Å². The maximum Gasteiger partial charge on any atom is 0.262 e. The van der Waals surface area contributed by atoms with Gasteiger partial charge in [0.05, 0.1) is 17.2 Å². The van der Waals surface area contributed by atoms with E-state index in [4.69, 9.17) is 0 Å². The lowest BCUT2D eigenvalue weighted by Gasteiger charge is -2.33. The first-order chi connectivity index (χ1) is 8.09. The molecule has 2 amide bonds. The number of fused-ring (bicyclic) bond motifs is 1. The van der Waals surface area contributed by atoms with Crippen LogP contribution in [0.1, 0.15) is 20.7 Å². The summed E-state index contributed by atoms with van der Waals surface area (Å²) in [5.74, 6) is -3.32. The molecule has 0 aliphatic carbocycles. The van der Waals surface area contributed by atoms with Gasteiger partial charge in [0, 0.05) is 13.1 Å². The highest BCUT2D eigenvalue weighted by Crippen LogP contribution is 2.27. The van der Waals surface area contributed by atoms with Crippen molar-refractivity contribution in [3.05, 3.63) is 34.9 Å². The zero-order valence-electron chi connectivity index (χ0n) is 8.67. The molecule has 0 atom stereocenters. The third kappa shape index (κ3) is 1.30. The summed E-state index contributed by atoms with van der Waals surface area (Å²) in [5, 5.41) is 2.93. The van der Waals surface area contributed by atoms with Gasteiger partial charge in [-0.25, -0.2) is 8.78 Å². The molecule has 6 heteroatoms. The molecule has 17 heavy (non-hydrogen) atoms. The Labute approximate surface area is 95.2 Å². The van der Waals surface area contributed by atoms with Gasteiger partial charge < -0.3 is 5.32 Å². The number of imide groups is 1. The number of nitrogens with zero attached hydrogens (tertiary/aromatic N) is 1. The fraction of sp³-hybridized carbons (Fsp3) is 0.273. The van der Waals surface area contributed by atoms with Gasteiger partial charge in [-0.15, -0.1) is 0 Å². The maximum absolute atomic E-state index is 13.0. The van der Waals surface area contributed by atoms with E-state index in [0.29, 0.717) is 13.1 Å². The van der Waals surface area contributed by atoms with Gasteiger partial charge in [-0.1, -0.05) is 0 Å². The molecule has 0 bridgehead atoms. The van der Waals surface area contributed by atoms with Crippen LogP contribution >= 0.6 is 0 Å². The van der Waals surface area contributed by atoms with Crippen molar-refractivity contribution in [1.29, 1.82) is 0 Å². The lowest BCUT2D eigenvalue weighted by atomic mass is 10.1. The van der Waals surface area contributed by atoms with E-state index in [1.165, 1.54) is 0 Å². The molecule has 0 spiro atoms. The van der Waals surface area contributed by atoms with Crippen molar-refractivity contribution >= 4 is 11.8 Å². The molecular formula is C11H8F2N2O2. The van der Waals surface area contributed by atoms with Crippen molar-refractivity contribution in [2.75, 3.05) is 13.1 Å². The highest BCUT2D eigenvalue weighted by Gasteiger charge is 2.42. The normalized spacial score (nSPS) is 19.5. The third-order valence-electron chi connectivity index (χ3n) is 3.08. The lowest BCUT2D eigenvalue weighted by molar-refractivity contribution is 0.0534. The Kier molecular flexibility index (Phi) is 2.03. The number of carbonyl (C=O) groups is 2. The number of nitrogens with one attached hydrogen (secondary N) is 1. The van der Waals surface area contributed by atoms with Gasteiger partial charge in [0.25, 0.3) is 11.8 Å². The quantitative estimate of drug-likeness (QED) is 0.726. The van der Waals surface area contributed by atoms with E-state index in [2.05, 4.69) is 5.32 Å². The summed E-state index contributed by atoms with van der Waals surface area (Å²) in [6.45, 7) is 1.05. The van der Waals surface area contributed by atoms with Crippen LogP contribution in [0.2, 0.25) is 0 Å². The Morgan fingerprint density at radius 1 is 1.06 bits per heavy atom. The second-order valence-electron chi connectivity index (χ2n) is 4.10. The number of benzene rings is 1. The van der Waals surface area contributed by atoms with Gasteiger partial charge in [-0.05, 0) is 12.1 Å². The van der Waals surface area contributed by atoms with E-state index < -0.39 is 23.4 Å². The van der Waals surface area contributed by atoms with Crippen molar-refractivity contribution < 1.29 is 18.4 Å². The predicted octanol–water partition coefficient (Wildman–Crippen LogP) is 0.533. The third-order valence-corrected chi connectivity index (χ3v) is 3.08. The Balaban J connectivity index is 2.08. The zero-order chi connectivity index (χ0) is 12.2. The summed E-state index contributed by atoms with van der Waals surface area (Å²) in [4.78, 5) is 24.9.